The summed E-state index contributed by atoms with van der Waals surface area (Å²) >= 11 is 0. The van der Waals surface area contributed by atoms with Gasteiger partial charge >= 0.3 is 0 Å². The zero-order valence-corrected chi connectivity index (χ0v) is 9.82. The molecule has 0 amide bonds. The van der Waals surface area contributed by atoms with Gasteiger partial charge in [0.25, 0.3) is 0 Å². The second-order valence-electron chi connectivity index (χ2n) is 4.69. The lowest BCUT2D eigenvalue weighted by Gasteiger charge is -2.22. The number of anilines is 1. The van der Waals surface area contributed by atoms with Crippen molar-refractivity contribution in [3.05, 3.63) is 29.8 Å². The van der Waals surface area contributed by atoms with Gasteiger partial charge in [0.1, 0.15) is 0 Å². The van der Waals surface area contributed by atoms with Gasteiger partial charge < -0.3 is 4.90 Å². The summed E-state index contributed by atoms with van der Waals surface area (Å²) in [5.74, 6) is 0.837. The molecule has 1 aliphatic rings. The highest BCUT2D eigenvalue weighted by Gasteiger charge is 2.14. The smallest absolute Gasteiger partial charge is 0.0992 e. The Morgan fingerprint density at radius 2 is 2.19 bits per heavy atom. The summed E-state index contributed by atoms with van der Waals surface area (Å²) in [7, 11) is 0. The molecule has 0 spiro atoms. The fourth-order valence-electron chi connectivity index (χ4n) is 2.29. The summed E-state index contributed by atoms with van der Waals surface area (Å²) < 4.78 is 0. The van der Waals surface area contributed by atoms with E-state index in [1.807, 2.05) is 18.2 Å². The van der Waals surface area contributed by atoms with Crippen LogP contribution in [0.25, 0.3) is 0 Å². The number of rotatable bonds is 1. The SMILES string of the molecule is CC1CCCN(c2cccc(C#N)c2)CC1. The minimum atomic E-state index is 0.759. The second-order valence-corrected chi connectivity index (χ2v) is 4.69. The van der Waals surface area contributed by atoms with Crippen LogP contribution in [0.2, 0.25) is 0 Å². The Labute approximate surface area is 97.5 Å². The van der Waals surface area contributed by atoms with Crippen molar-refractivity contribution in [1.29, 1.82) is 5.26 Å². The number of hydrogen-bond donors (Lipinski definition) is 0. The predicted octanol–water partition coefficient (Wildman–Crippen LogP) is 3.18. The Hall–Kier alpha value is -1.49. The van der Waals surface area contributed by atoms with E-state index in [1.54, 1.807) is 0 Å². The molecule has 2 nitrogen and oxygen atoms in total. The van der Waals surface area contributed by atoms with Crippen molar-refractivity contribution in [1.82, 2.24) is 0 Å². The molecule has 84 valence electrons. The predicted molar refractivity (Wildman–Crippen MR) is 66.4 cm³/mol. The average Bonchev–Trinajstić information content (AvgIpc) is 2.54. The maximum Gasteiger partial charge on any atom is 0.0992 e. The molecule has 2 rings (SSSR count). The molecule has 1 fully saturated rings. The van der Waals surface area contributed by atoms with E-state index < -0.39 is 0 Å². The van der Waals surface area contributed by atoms with E-state index >= 15 is 0 Å². The fraction of sp³-hybridized carbons (Fsp3) is 0.500. The van der Waals surface area contributed by atoms with Gasteiger partial charge in [-0.15, -0.1) is 0 Å². The standard InChI is InChI=1S/C14H18N2/c1-12-4-3-8-16(9-7-12)14-6-2-5-13(10-14)11-15/h2,5-6,10,12H,3-4,7-9H2,1H3. The maximum atomic E-state index is 8.89. The lowest BCUT2D eigenvalue weighted by molar-refractivity contribution is 0.521. The lowest BCUT2D eigenvalue weighted by atomic mass is 10.0. The summed E-state index contributed by atoms with van der Waals surface area (Å²) in [5, 5.41) is 8.89. The van der Waals surface area contributed by atoms with Crippen molar-refractivity contribution < 1.29 is 0 Å². The molecule has 0 bridgehead atoms. The van der Waals surface area contributed by atoms with Crippen LogP contribution >= 0.6 is 0 Å². The Morgan fingerprint density at radius 3 is 3.00 bits per heavy atom. The number of benzene rings is 1. The minimum Gasteiger partial charge on any atom is -0.371 e. The molecule has 1 aliphatic heterocycles. The molecule has 1 unspecified atom stereocenters. The minimum absolute atomic E-state index is 0.759. The molecule has 0 saturated carbocycles. The topological polar surface area (TPSA) is 27.0 Å². The second kappa shape index (κ2) is 5.03. The summed E-state index contributed by atoms with van der Waals surface area (Å²) in [6, 6.07) is 10.1. The molecule has 2 heteroatoms. The van der Waals surface area contributed by atoms with Crippen molar-refractivity contribution in [2.45, 2.75) is 26.2 Å². The monoisotopic (exact) mass is 214 g/mol. The summed E-state index contributed by atoms with van der Waals surface area (Å²) in [6.07, 6.45) is 3.85. The van der Waals surface area contributed by atoms with Crippen molar-refractivity contribution >= 4 is 5.69 Å². The lowest BCUT2D eigenvalue weighted by Crippen LogP contribution is -2.24. The van der Waals surface area contributed by atoms with E-state index in [0.29, 0.717) is 0 Å². The Kier molecular flexibility index (Phi) is 3.46. The highest BCUT2D eigenvalue weighted by atomic mass is 15.1. The first-order valence-electron chi connectivity index (χ1n) is 6.04. The molecule has 1 aromatic rings. The van der Waals surface area contributed by atoms with Gasteiger partial charge in [-0.2, -0.15) is 5.26 Å². The van der Waals surface area contributed by atoms with Gasteiger partial charge in [-0.3, -0.25) is 0 Å². The van der Waals surface area contributed by atoms with E-state index in [4.69, 9.17) is 5.26 Å². The van der Waals surface area contributed by atoms with Crippen LogP contribution in [0.15, 0.2) is 24.3 Å². The molecule has 0 aromatic heterocycles. The maximum absolute atomic E-state index is 8.89. The fourth-order valence-corrected chi connectivity index (χ4v) is 2.29. The van der Waals surface area contributed by atoms with Gasteiger partial charge in [0.05, 0.1) is 11.6 Å². The van der Waals surface area contributed by atoms with E-state index in [-0.39, 0.29) is 0 Å². The van der Waals surface area contributed by atoms with Crippen molar-refractivity contribution in [3.8, 4) is 6.07 Å². The van der Waals surface area contributed by atoms with Gasteiger partial charge in [0, 0.05) is 18.8 Å². The van der Waals surface area contributed by atoms with Crippen molar-refractivity contribution in [3.63, 3.8) is 0 Å². The summed E-state index contributed by atoms with van der Waals surface area (Å²) in [5.41, 5.74) is 1.96. The van der Waals surface area contributed by atoms with Crippen molar-refractivity contribution in [2.24, 2.45) is 5.92 Å². The number of nitrogens with zero attached hydrogens (tertiary/aromatic N) is 2. The quantitative estimate of drug-likeness (QED) is 0.718. The van der Waals surface area contributed by atoms with Crippen LogP contribution < -0.4 is 4.90 Å². The largest absolute Gasteiger partial charge is 0.371 e. The normalized spacial score (nSPS) is 21.2. The third-order valence-electron chi connectivity index (χ3n) is 3.36. The Balaban J connectivity index is 2.14. The number of nitriles is 1. The third-order valence-corrected chi connectivity index (χ3v) is 3.36. The first-order valence-corrected chi connectivity index (χ1v) is 6.04. The van der Waals surface area contributed by atoms with Crippen LogP contribution in [0.4, 0.5) is 5.69 Å². The highest BCUT2D eigenvalue weighted by molar-refractivity contribution is 5.51. The molecule has 16 heavy (non-hydrogen) atoms. The van der Waals surface area contributed by atoms with Gasteiger partial charge in [-0.1, -0.05) is 13.0 Å². The summed E-state index contributed by atoms with van der Waals surface area (Å²) in [6.45, 7) is 4.57. The van der Waals surface area contributed by atoms with E-state index in [0.717, 1.165) is 24.6 Å². The van der Waals surface area contributed by atoms with Crippen LogP contribution in [-0.2, 0) is 0 Å². The van der Waals surface area contributed by atoms with E-state index in [1.165, 1.54) is 24.9 Å². The molecule has 1 atom stereocenters. The third kappa shape index (κ3) is 2.55. The number of hydrogen-bond acceptors (Lipinski definition) is 2. The molecule has 1 saturated heterocycles. The molecular weight excluding hydrogens is 196 g/mol. The Morgan fingerprint density at radius 1 is 1.31 bits per heavy atom. The highest BCUT2D eigenvalue weighted by Crippen LogP contribution is 2.22. The van der Waals surface area contributed by atoms with E-state index in [2.05, 4.69) is 24.0 Å². The van der Waals surface area contributed by atoms with Crippen LogP contribution in [0.3, 0.4) is 0 Å². The zero-order chi connectivity index (χ0) is 11.4. The van der Waals surface area contributed by atoms with Crippen LogP contribution in [0.5, 0.6) is 0 Å². The van der Waals surface area contributed by atoms with Crippen molar-refractivity contribution in [2.75, 3.05) is 18.0 Å². The zero-order valence-electron chi connectivity index (χ0n) is 9.82. The van der Waals surface area contributed by atoms with Crippen LogP contribution in [0, 0.1) is 17.2 Å². The molecule has 0 aliphatic carbocycles. The van der Waals surface area contributed by atoms with Crippen LogP contribution in [-0.4, -0.2) is 13.1 Å². The van der Waals surface area contributed by atoms with Gasteiger partial charge in [-0.25, -0.2) is 0 Å². The van der Waals surface area contributed by atoms with E-state index in [9.17, 15) is 0 Å². The van der Waals surface area contributed by atoms with Crippen LogP contribution in [0.1, 0.15) is 31.7 Å². The molecular formula is C14H18N2. The average molecular weight is 214 g/mol. The van der Waals surface area contributed by atoms with Gasteiger partial charge in [-0.05, 0) is 43.4 Å². The molecule has 1 aromatic carbocycles. The van der Waals surface area contributed by atoms with Gasteiger partial charge in [0.15, 0.2) is 0 Å². The molecule has 0 radical (unpaired) electrons. The summed E-state index contributed by atoms with van der Waals surface area (Å²) in [4.78, 5) is 2.41. The Bertz CT molecular complexity index is 392. The van der Waals surface area contributed by atoms with Gasteiger partial charge in [0.2, 0.25) is 0 Å². The first kappa shape index (κ1) is 11.0. The molecule has 0 N–H and O–H groups in total. The molecule has 1 heterocycles. The first-order chi connectivity index (χ1) is 7.79.